The molecule has 1 aliphatic heterocycles. The Bertz CT molecular complexity index is 776. The number of carbonyl (C=O) groups is 2. The van der Waals surface area contributed by atoms with Crippen molar-refractivity contribution < 1.29 is 18.4 Å². The van der Waals surface area contributed by atoms with Gasteiger partial charge in [0.25, 0.3) is 5.91 Å². The molecule has 5 heteroatoms. The second kappa shape index (κ2) is 4.94. The van der Waals surface area contributed by atoms with E-state index in [0.29, 0.717) is 17.3 Å². The molecule has 1 heterocycles. The van der Waals surface area contributed by atoms with Crippen LogP contribution in [0.3, 0.4) is 0 Å². The molecule has 2 aromatic rings. The number of anilines is 1. The number of para-hydroxylation sites is 1. The largest absolute Gasteiger partial charge is 0.321 e. The molecule has 3 nitrogen and oxygen atoms in total. The van der Waals surface area contributed by atoms with Gasteiger partial charge in [0.05, 0.1) is 5.57 Å². The molecular formula is C16H9F2NO2. The maximum Gasteiger partial charge on any atom is 0.256 e. The molecule has 3 rings (SSSR count). The molecule has 0 aromatic heterocycles. The summed E-state index contributed by atoms with van der Waals surface area (Å²) in [7, 11) is 0. The van der Waals surface area contributed by atoms with E-state index in [4.69, 9.17) is 0 Å². The zero-order valence-corrected chi connectivity index (χ0v) is 10.7. The van der Waals surface area contributed by atoms with Gasteiger partial charge in [0.15, 0.2) is 5.78 Å². The lowest BCUT2D eigenvalue weighted by molar-refractivity contribution is -0.110. The number of amides is 1. The highest BCUT2D eigenvalue weighted by atomic mass is 19.1. The predicted molar refractivity (Wildman–Crippen MR) is 73.7 cm³/mol. The van der Waals surface area contributed by atoms with Gasteiger partial charge in [0, 0.05) is 22.9 Å². The lowest BCUT2D eigenvalue weighted by Gasteiger charge is -1.99. The lowest BCUT2D eigenvalue weighted by Crippen LogP contribution is -2.06. The average molecular weight is 285 g/mol. The highest BCUT2D eigenvalue weighted by Crippen LogP contribution is 2.31. The maximum absolute atomic E-state index is 13.1. The second-order valence-electron chi connectivity index (χ2n) is 4.58. The number of fused-ring (bicyclic) bond motifs is 1. The molecule has 0 saturated heterocycles. The normalized spacial score (nSPS) is 15.0. The number of benzene rings is 2. The summed E-state index contributed by atoms with van der Waals surface area (Å²) in [6, 6.07) is 9.44. The summed E-state index contributed by atoms with van der Waals surface area (Å²) in [6.45, 7) is 0. The smallest absolute Gasteiger partial charge is 0.256 e. The maximum atomic E-state index is 13.1. The van der Waals surface area contributed by atoms with Crippen LogP contribution in [0.15, 0.2) is 48.5 Å². The van der Waals surface area contributed by atoms with Crippen molar-refractivity contribution in [2.24, 2.45) is 0 Å². The van der Waals surface area contributed by atoms with Crippen LogP contribution in [0, 0.1) is 11.6 Å². The molecule has 1 N–H and O–H groups in total. The van der Waals surface area contributed by atoms with Gasteiger partial charge >= 0.3 is 0 Å². The van der Waals surface area contributed by atoms with Crippen LogP contribution >= 0.6 is 0 Å². The van der Waals surface area contributed by atoms with E-state index in [1.165, 1.54) is 0 Å². The summed E-state index contributed by atoms with van der Waals surface area (Å²) >= 11 is 0. The van der Waals surface area contributed by atoms with Crippen molar-refractivity contribution in [1.29, 1.82) is 0 Å². The Balaban J connectivity index is 2.02. The third-order valence-corrected chi connectivity index (χ3v) is 3.13. The van der Waals surface area contributed by atoms with E-state index in [2.05, 4.69) is 5.32 Å². The van der Waals surface area contributed by atoms with Crippen molar-refractivity contribution in [2.45, 2.75) is 0 Å². The average Bonchev–Trinajstić information content (AvgIpc) is 2.74. The number of rotatable bonds is 2. The summed E-state index contributed by atoms with van der Waals surface area (Å²) in [5.74, 6) is -2.72. The van der Waals surface area contributed by atoms with E-state index < -0.39 is 23.3 Å². The van der Waals surface area contributed by atoms with Gasteiger partial charge in [-0.15, -0.1) is 0 Å². The predicted octanol–water partition coefficient (Wildman–Crippen LogP) is 3.18. The van der Waals surface area contributed by atoms with Gasteiger partial charge in [-0.3, -0.25) is 9.59 Å². The van der Waals surface area contributed by atoms with Gasteiger partial charge in [-0.1, -0.05) is 18.2 Å². The summed E-state index contributed by atoms with van der Waals surface area (Å²) in [5.41, 5.74) is 1.23. The van der Waals surface area contributed by atoms with Gasteiger partial charge in [0.2, 0.25) is 0 Å². The molecule has 0 radical (unpaired) electrons. The fourth-order valence-corrected chi connectivity index (χ4v) is 2.19. The van der Waals surface area contributed by atoms with Crippen LogP contribution in [-0.2, 0) is 4.79 Å². The molecule has 0 unspecified atom stereocenters. The van der Waals surface area contributed by atoms with Crippen molar-refractivity contribution in [3.63, 3.8) is 0 Å². The van der Waals surface area contributed by atoms with Crippen molar-refractivity contribution >= 4 is 23.0 Å². The molecular weight excluding hydrogens is 276 g/mol. The van der Waals surface area contributed by atoms with Crippen molar-refractivity contribution in [1.82, 2.24) is 0 Å². The number of carbonyl (C=O) groups excluding carboxylic acids is 2. The van der Waals surface area contributed by atoms with Gasteiger partial charge < -0.3 is 5.32 Å². The Morgan fingerprint density at radius 3 is 2.43 bits per heavy atom. The molecule has 0 spiro atoms. The number of allylic oxidation sites excluding steroid dienone is 1. The minimum Gasteiger partial charge on any atom is -0.321 e. The number of nitrogens with one attached hydrogen (secondary N) is 1. The molecule has 0 fully saturated rings. The van der Waals surface area contributed by atoms with Crippen LogP contribution in [0.1, 0.15) is 15.9 Å². The monoisotopic (exact) mass is 285 g/mol. The molecule has 21 heavy (non-hydrogen) atoms. The van der Waals surface area contributed by atoms with Crippen LogP contribution in [-0.4, -0.2) is 11.7 Å². The van der Waals surface area contributed by atoms with Gasteiger partial charge in [-0.2, -0.15) is 0 Å². The minimum absolute atomic E-state index is 0.141. The molecule has 0 saturated carbocycles. The summed E-state index contributed by atoms with van der Waals surface area (Å²) in [4.78, 5) is 23.9. The Morgan fingerprint density at radius 2 is 1.71 bits per heavy atom. The third kappa shape index (κ3) is 2.45. The standard InChI is InChI=1S/C16H9F2NO2/c17-10-5-9(6-11(18)7-10)15(20)8-13-12-3-1-2-4-14(12)19-16(13)21/h1-8H,(H,19,21)/b13-8+. The first kappa shape index (κ1) is 13.2. The summed E-state index contributed by atoms with van der Waals surface area (Å²) < 4.78 is 26.3. The Kier molecular flexibility index (Phi) is 3.10. The Labute approximate surface area is 118 Å². The van der Waals surface area contributed by atoms with E-state index in [-0.39, 0.29) is 11.1 Å². The minimum atomic E-state index is -0.840. The number of hydrogen-bond acceptors (Lipinski definition) is 2. The molecule has 0 aliphatic carbocycles. The first-order valence-electron chi connectivity index (χ1n) is 6.17. The van der Waals surface area contributed by atoms with Gasteiger partial charge in [-0.05, 0) is 24.3 Å². The molecule has 0 atom stereocenters. The van der Waals surface area contributed by atoms with Crippen molar-refractivity contribution in [3.8, 4) is 0 Å². The Morgan fingerprint density at radius 1 is 1.05 bits per heavy atom. The molecule has 0 bridgehead atoms. The summed E-state index contributed by atoms with van der Waals surface area (Å²) in [6.07, 6.45) is 1.09. The van der Waals surface area contributed by atoms with Crippen LogP contribution in [0.4, 0.5) is 14.5 Å². The van der Waals surface area contributed by atoms with Gasteiger partial charge in [0.1, 0.15) is 11.6 Å². The molecule has 1 aliphatic rings. The van der Waals surface area contributed by atoms with Crippen LogP contribution in [0.25, 0.3) is 5.57 Å². The quantitative estimate of drug-likeness (QED) is 0.680. The first-order valence-corrected chi connectivity index (χ1v) is 6.17. The first-order chi connectivity index (χ1) is 10.0. The second-order valence-corrected chi connectivity index (χ2v) is 4.58. The zero-order chi connectivity index (χ0) is 15.0. The fraction of sp³-hybridized carbons (Fsp3) is 0. The van der Waals surface area contributed by atoms with Crippen LogP contribution in [0.5, 0.6) is 0 Å². The highest BCUT2D eigenvalue weighted by molar-refractivity contribution is 6.35. The van der Waals surface area contributed by atoms with E-state index in [9.17, 15) is 18.4 Å². The van der Waals surface area contributed by atoms with Crippen molar-refractivity contribution in [2.75, 3.05) is 5.32 Å². The number of halogens is 2. The summed E-state index contributed by atoms with van der Waals surface area (Å²) in [5, 5.41) is 2.62. The molecule has 104 valence electrons. The van der Waals surface area contributed by atoms with E-state index in [1.807, 2.05) is 0 Å². The molecule has 2 aromatic carbocycles. The number of ketones is 1. The SMILES string of the molecule is O=C1Nc2ccccc2/C1=C\C(=O)c1cc(F)cc(F)c1. The zero-order valence-electron chi connectivity index (χ0n) is 10.7. The van der Waals surface area contributed by atoms with E-state index in [0.717, 1.165) is 18.2 Å². The third-order valence-electron chi connectivity index (χ3n) is 3.13. The van der Waals surface area contributed by atoms with E-state index in [1.54, 1.807) is 24.3 Å². The van der Waals surface area contributed by atoms with Crippen molar-refractivity contribution in [3.05, 3.63) is 71.3 Å². The fourth-order valence-electron chi connectivity index (χ4n) is 2.19. The topological polar surface area (TPSA) is 46.2 Å². The van der Waals surface area contributed by atoms with Crippen LogP contribution in [0.2, 0.25) is 0 Å². The Hall–Kier alpha value is -2.82. The number of hydrogen-bond donors (Lipinski definition) is 1. The van der Waals surface area contributed by atoms with Gasteiger partial charge in [-0.25, -0.2) is 8.78 Å². The lowest BCUT2D eigenvalue weighted by atomic mass is 10.0. The van der Waals surface area contributed by atoms with E-state index >= 15 is 0 Å². The molecule has 1 amide bonds. The highest BCUT2D eigenvalue weighted by Gasteiger charge is 2.24. The van der Waals surface area contributed by atoms with Crippen LogP contribution < -0.4 is 5.32 Å².